The molecule has 0 aromatic carbocycles. The Morgan fingerprint density at radius 2 is 2.21 bits per heavy atom. The van der Waals surface area contributed by atoms with E-state index in [0.717, 1.165) is 0 Å². The quantitative estimate of drug-likeness (QED) is 0.566. The molecule has 0 radical (unpaired) electrons. The summed E-state index contributed by atoms with van der Waals surface area (Å²) in [5.74, 6) is 0.0478. The van der Waals surface area contributed by atoms with Gasteiger partial charge in [0.15, 0.2) is 0 Å². The minimum absolute atomic E-state index is 0.0478. The van der Waals surface area contributed by atoms with Crippen LogP contribution in [0.4, 0.5) is 0 Å². The zero-order chi connectivity index (χ0) is 11.2. The predicted octanol–water partition coefficient (Wildman–Crippen LogP) is 2.34. The fourth-order valence-electron chi connectivity index (χ4n) is 0.567. The third-order valence-electron chi connectivity index (χ3n) is 1.27. The van der Waals surface area contributed by atoms with Crippen LogP contribution in [0.2, 0.25) is 0 Å². The van der Waals surface area contributed by atoms with Crippen molar-refractivity contribution in [3.05, 3.63) is 0 Å². The summed E-state index contributed by atoms with van der Waals surface area (Å²) in [6.07, 6.45) is 0. The van der Waals surface area contributed by atoms with E-state index in [1.807, 2.05) is 19.9 Å². The van der Waals surface area contributed by atoms with Gasteiger partial charge in [0.2, 0.25) is 0 Å². The number of hydrogen-bond acceptors (Lipinski definition) is 5. The lowest BCUT2D eigenvalue weighted by Crippen LogP contribution is -2.08. The summed E-state index contributed by atoms with van der Waals surface area (Å²) in [6.45, 7) is 5.33. The summed E-state index contributed by atoms with van der Waals surface area (Å²) in [7, 11) is -3.99. The maximum atomic E-state index is 11.0. The molecule has 0 fully saturated rings. The van der Waals surface area contributed by atoms with Crippen molar-refractivity contribution in [1.29, 1.82) is 5.26 Å². The summed E-state index contributed by atoms with van der Waals surface area (Å²) in [5.41, 5.74) is 0. The summed E-state index contributed by atoms with van der Waals surface area (Å²) in [6, 6.07) is 1.97. The highest BCUT2D eigenvalue weighted by Crippen LogP contribution is 2.48. The molecule has 14 heavy (non-hydrogen) atoms. The van der Waals surface area contributed by atoms with Gasteiger partial charge in [0.05, 0.1) is 12.7 Å². The molecule has 0 rings (SSSR count). The van der Waals surface area contributed by atoms with Gasteiger partial charge < -0.3 is 4.89 Å². The molecule has 0 amide bonds. The average Bonchev–Trinajstić information content (AvgIpc) is 2.04. The second-order valence-electron chi connectivity index (χ2n) is 2.85. The number of phosphoric ester groups is 1. The van der Waals surface area contributed by atoms with Crippen molar-refractivity contribution in [2.45, 2.75) is 26.0 Å². The Labute approximate surface area is 88.2 Å². The molecule has 5 nitrogen and oxygen atoms in total. The van der Waals surface area contributed by atoms with Gasteiger partial charge in [-0.05, 0) is 12.8 Å². The molecule has 2 unspecified atom stereocenters. The first-order valence-electron chi connectivity index (χ1n) is 4.15. The van der Waals surface area contributed by atoms with Crippen LogP contribution in [0.1, 0.15) is 20.8 Å². The first kappa shape index (κ1) is 13.9. The lowest BCUT2D eigenvalue weighted by atomic mass is 10.1. The van der Waals surface area contributed by atoms with E-state index in [9.17, 15) is 4.57 Å². The maximum Gasteiger partial charge on any atom is 0.483 e. The van der Waals surface area contributed by atoms with Crippen LogP contribution >= 0.6 is 19.9 Å². The molecule has 2 atom stereocenters. The van der Waals surface area contributed by atoms with Crippen molar-refractivity contribution in [2.24, 2.45) is 5.92 Å². The molecular weight excluding hydrogens is 225 g/mol. The third kappa shape index (κ3) is 5.63. The van der Waals surface area contributed by atoms with Gasteiger partial charge in [-0.2, -0.15) is 5.26 Å². The zero-order valence-corrected chi connectivity index (χ0v) is 10.0. The molecule has 0 saturated carbocycles. The second-order valence-corrected chi connectivity index (χ2v) is 5.34. The SMILES string of the molecule is CCOP(=O)(O)OSC(C#N)C(C)C. The van der Waals surface area contributed by atoms with Crippen LogP contribution < -0.4 is 0 Å². The van der Waals surface area contributed by atoms with Crippen molar-refractivity contribution in [1.82, 2.24) is 0 Å². The van der Waals surface area contributed by atoms with Gasteiger partial charge in [0, 0.05) is 12.0 Å². The zero-order valence-electron chi connectivity index (χ0n) is 8.34. The van der Waals surface area contributed by atoms with E-state index in [4.69, 9.17) is 10.2 Å². The molecule has 0 aliphatic carbocycles. The molecular formula is C7H14NO4PS. The standard InChI is InChI=1S/C7H14NO4PS/c1-4-11-13(9,10)12-14-7(5-8)6(2)3/h6-7H,4H2,1-3H3,(H,9,10). The number of nitrogens with zero attached hydrogens (tertiary/aromatic N) is 1. The van der Waals surface area contributed by atoms with Gasteiger partial charge in [-0.25, -0.2) is 8.54 Å². The van der Waals surface area contributed by atoms with Crippen LogP contribution in [-0.4, -0.2) is 16.8 Å². The summed E-state index contributed by atoms with van der Waals surface area (Å²) < 4.78 is 20.1. The Morgan fingerprint density at radius 1 is 1.64 bits per heavy atom. The number of hydrogen-bond donors (Lipinski definition) is 1. The van der Waals surface area contributed by atoms with Gasteiger partial charge in [-0.1, -0.05) is 13.8 Å². The normalized spacial score (nSPS) is 17.4. The molecule has 7 heteroatoms. The van der Waals surface area contributed by atoms with Crippen LogP contribution in [-0.2, 0) is 13.1 Å². The lowest BCUT2D eigenvalue weighted by molar-refractivity contribution is 0.222. The third-order valence-corrected chi connectivity index (χ3v) is 3.81. The Kier molecular flexibility index (Phi) is 6.41. The van der Waals surface area contributed by atoms with Crippen molar-refractivity contribution in [3.63, 3.8) is 0 Å². The minimum Gasteiger partial charge on any atom is -0.302 e. The van der Waals surface area contributed by atoms with Gasteiger partial charge in [-0.3, -0.25) is 4.52 Å². The maximum absolute atomic E-state index is 11.0. The van der Waals surface area contributed by atoms with Crippen LogP contribution in [0.15, 0.2) is 0 Å². The largest absolute Gasteiger partial charge is 0.483 e. The highest BCUT2D eigenvalue weighted by molar-refractivity contribution is 7.98. The van der Waals surface area contributed by atoms with Crippen molar-refractivity contribution >= 4 is 19.9 Å². The molecule has 0 saturated heterocycles. The Balaban J connectivity index is 4.04. The number of nitriles is 1. The van der Waals surface area contributed by atoms with Crippen molar-refractivity contribution in [2.75, 3.05) is 6.61 Å². The molecule has 0 aromatic heterocycles. The minimum atomic E-state index is -3.99. The highest BCUT2D eigenvalue weighted by atomic mass is 32.2. The Bertz CT molecular complexity index is 253. The van der Waals surface area contributed by atoms with Gasteiger partial charge in [0.25, 0.3) is 0 Å². The first-order chi connectivity index (χ1) is 6.43. The molecule has 0 aromatic rings. The van der Waals surface area contributed by atoms with Gasteiger partial charge in [0.1, 0.15) is 5.25 Å². The average molecular weight is 239 g/mol. The number of phosphoric acid groups is 1. The van der Waals surface area contributed by atoms with E-state index in [0.29, 0.717) is 12.0 Å². The summed E-state index contributed by atoms with van der Waals surface area (Å²) in [5, 5.41) is 8.18. The Morgan fingerprint density at radius 3 is 2.57 bits per heavy atom. The molecule has 0 aliphatic heterocycles. The molecule has 82 valence electrons. The van der Waals surface area contributed by atoms with Crippen LogP contribution in [0.3, 0.4) is 0 Å². The van der Waals surface area contributed by atoms with Crippen LogP contribution in [0.25, 0.3) is 0 Å². The molecule has 1 N–H and O–H groups in total. The van der Waals surface area contributed by atoms with E-state index < -0.39 is 13.1 Å². The fourth-order valence-corrected chi connectivity index (χ4v) is 2.14. The number of rotatable bonds is 6. The van der Waals surface area contributed by atoms with Gasteiger partial charge in [-0.15, -0.1) is 0 Å². The fraction of sp³-hybridized carbons (Fsp3) is 0.857. The molecule has 0 spiro atoms. The smallest absolute Gasteiger partial charge is 0.302 e. The van der Waals surface area contributed by atoms with Crippen LogP contribution in [0.5, 0.6) is 0 Å². The highest BCUT2D eigenvalue weighted by Gasteiger charge is 2.25. The van der Waals surface area contributed by atoms with E-state index in [-0.39, 0.29) is 12.5 Å². The van der Waals surface area contributed by atoms with E-state index in [2.05, 4.69) is 8.49 Å². The monoisotopic (exact) mass is 239 g/mol. The van der Waals surface area contributed by atoms with Crippen molar-refractivity contribution in [3.8, 4) is 6.07 Å². The molecule has 0 heterocycles. The van der Waals surface area contributed by atoms with E-state index in [1.54, 1.807) is 6.92 Å². The Hall–Kier alpha value is -0.0500. The molecule has 0 bridgehead atoms. The predicted molar refractivity (Wildman–Crippen MR) is 54.4 cm³/mol. The summed E-state index contributed by atoms with van der Waals surface area (Å²) >= 11 is 0.677. The first-order valence-corrected chi connectivity index (χ1v) is 6.45. The second kappa shape index (κ2) is 6.44. The van der Waals surface area contributed by atoms with E-state index in [1.165, 1.54) is 0 Å². The van der Waals surface area contributed by atoms with Crippen molar-refractivity contribution < 1.29 is 18.0 Å². The van der Waals surface area contributed by atoms with E-state index >= 15 is 0 Å². The van der Waals surface area contributed by atoms with Crippen LogP contribution in [0, 0.1) is 17.2 Å². The summed E-state index contributed by atoms with van der Waals surface area (Å²) in [4.78, 5) is 9.02. The molecule has 0 aliphatic rings. The lowest BCUT2D eigenvalue weighted by Gasteiger charge is -2.14. The van der Waals surface area contributed by atoms with Gasteiger partial charge >= 0.3 is 7.82 Å². The topological polar surface area (TPSA) is 79.6 Å².